The largest absolute Gasteiger partial charge is 0.423 e. The summed E-state index contributed by atoms with van der Waals surface area (Å²) in [6.07, 6.45) is -5.65. The van der Waals surface area contributed by atoms with Gasteiger partial charge in [-0.25, -0.2) is 13.6 Å². The number of ketones is 1. The van der Waals surface area contributed by atoms with E-state index in [4.69, 9.17) is 4.74 Å². The minimum atomic E-state index is -7.83. The van der Waals surface area contributed by atoms with Crippen LogP contribution in [0.3, 0.4) is 0 Å². The highest BCUT2D eigenvalue weighted by molar-refractivity contribution is 6.03. The summed E-state index contributed by atoms with van der Waals surface area (Å²) in [7, 11) is 1.59. The van der Waals surface area contributed by atoms with Crippen molar-refractivity contribution in [1.29, 1.82) is 0 Å². The van der Waals surface area contributed by atoms with E-state index in [1.807, 2.05) is 0 Å². The summed E-state index contributed by atoms with van der Waals surface area (Å²) < 4.78 is 165. The molecule has 2 aromatic rings. The topological polar surface area (TPSA) is 55.4 Å². The highest BCUT2D eigenvalue weighted by Crippen LogP contribution is 2.58. The predicted molar refractivity (Wildman–Crippen MR) is 102 cm³/mol. The molecule has 4 nitrogen and oxygen atoms in total. The van der Waals surface area contributed by atoms with Gasteiger partial charge in [0, 0.05) is 18.3 Å². The molecule has 0 aliphatic heterocycles. The number of rotatable bonds is 10. The molecule has 0 unspecified atom stereocenters. The number of benzene rings is 2. The maximum absolute atomic E-state index is 14.1. The second kappa shape index (κ2) is 9.78. The number of ether oxygens (including phenoxy) is 1. The van der Waals surface area contributed by atoms with Gasteiger partial charge in [-0.15, -0.1) is 0 Å². The highest BCUT2D eigenvalue weighted by atomic mass is 19.4. The lowest BCUT2D eigenvalue weighted by Crippen LogP contribution is -2.69. The van der Waals surface area contributed by atoms with Crippen LogP contribution in [0.2, 0.25) is 0 Å². The molecule has 0 bridgehead atoms. The summed E-state index contributed by atoms with van der Waals surface area (Å²) in [6.45, 7) is 0. The number of Topliss-reactive ketones (excluding diaryl/α,β-unsaturated/α-hetero) is 1. The molecule has 0 aliphatic rings. The second-order valence-corrected chi connectivity index (χ2v) is 7.29. The average Bonchev–Trinajstić information content (AvgIpc) is 2.83. The Labute approximate surface area is 199 Å². The van der Waals surface area contributed by atoms with Crippen molar-refractivity contribution in [1.82, 2.24) is 0 Å². The van der Waals surface area contributed by atoms with Crippen LogP contribution in [0, 0.1) is 0 Å². The molecular formula is C21H13F12NO3. The number of anilines is 1. The normalized spacial score (nSPS) is 13.5. The number of esters is 1. The van der Waals surface area contributed by atoms with Crippen LogP contribution in [-0.2, 0) is 0 Å². The van der Waals surface area contributed by atoms with Crippen LogP contribution in [0.5, 0.6) is 5.75 Å². The second-order valence-electron chi connectivity index (χ2n) is 7.29. The molecular weight excluding hydrogens is 542 g/mol. The third-order valence-corrected chi connectivity index (χ3v) is 4.90. The van der Waals surface area contributed by atoms with Crippen LogP contribution in [0.4, 0.5) is 58.4 Å². The van der Waals surface area contributed by atoms with Gasteiger partial charge < -0.3 is 10.1 Å². The number of hydrogen-bond donors (Lipinski definition) is 1. The van der Waals surface area contributed by atoms with Crippen LogP contribution in [0.25, 0.3) is 0 Å². The first kappa shape index (κ1) is 29.8. The first-order valence-corrected chi connectivity index (χ1v) is 9.57. The van der Waals surface area contributed by atoms with Crippen molar-refractivity contribution in [3.63, 3.8) is 0 Å². The highest BCUT2D eigenvalue weighted by Gasteiger charge is 2.88. The van der Waals surface area contributed by atoms with E-state index in [2.05, 4.69) is 5.32 Å². The molecule has 0 aliphatic carbocycles. The van der Waals surface area contributed by atoms with E-state index < -0.39 is 58.9 Å². The number of halogens is 12. The summed E-state index contributed by atoms with van der Waals surface area (Å²) in [6, 6.07) is 7.20. The lowest BCUT2D eigenvalue weighted by atomic mass is 9.90. The number of carbonyl (C=O) groups is 2. The van der Waals surface area contributed by atoms with Crippen molar-refractivity contribution in [2.24, 2.45) is 0 Å². The Morgan fingerprint density at radius 3 is 1.59 bits per heavy atom. The Bertz CT molecular complexity index is 1130. The lowest BCUT2D eigenvalue weighted by Gasteiger charge is -2.38. The van der Waals surface area contributed by atoms with Crippen LogP contribution >= 0.6 is 0 Å². The van der Waals surface area contributed by atoms with E-state index in [0.717, 1.165) is 0 Å². The molecule has 0 atom stereocenters. The zero-order chi connectivity index (χ0) is 28.6. The summed E-state index contributed by atoms with van der Waals surface area (Å²) in [5.41, 5.74) is -1.39. The number of carbonyl (C=O) groups excluding carboxylic acids is 2. The minimum Gasteiger partial charge on any atom is -0.423 e. The number of nitrogens with one attached hydrogen (secondary N) is 1. The molecule has 0 saturated heterocycles. The van der Waals surface area contributed by atoms with Gasteiger partial charge in [-0.2, -0.15) is 43.9 Å². The van der Waals surface area contributed by atoms with E-state index in [1.54, 1.807) is 7.05 Å². The molecule has 0 spiro atoms. The summed E-state index contributed by atoms with van der Waals surface area (Å²) in [5.74, 6) is -41.5. The molecule has 204 valence electrons. The van der Waals surface area contributed by atoms with Gasteiger partial charge in [0.1, 0.15) is 5.75 Å². The maximum atomic E-state index is 14.1. The first-order valence-electron chi connectivity index (χ1n) is 9.57. The molecule has 0 saturated carbocycles. The predicted octanol–water partition coefficient (Wildman–Crippen LogP) is 6.57. The Morgan fingerprint density at radius 2 is 1.16 bits per heavy atom. The zero-order valence-electron chi connectivity index (χ0n) is 18.0. The number of hydrogen-bond acceptors (Lipinski definition) is 4. The average molecular weight is 555 g/mol. The summed E-state index contributed by atoms with van der Waals surface area (Å²) in [4.78, 5) is 23.9. The summed E-state index contributed by atoms with van der Waals surface area (Å²) >= 11 is 0. The molecule has 0 fully saturated rings. The third-order valence-electron chi connectivity index (χ3n) is 4.90. The van der Waals surface area contributed by atoms with Crippen LogP contribution in [-0.4, -0.2) is 54.8 Å². The van der Waals surface area contributed by atoms with Crippen molar-refractivity contribution in [3.8, 4) is 5.75 Å². The fraction of sp³-hybridized carbons (Fsp3) is 0.333. The van der Waals surface area contributed by atoms with E-state index in [0.29, 0.717) is 17.8 Å². The van der Waals surface area contributed by atoms with Gasteiger partial charge >= 0.3 is 42.0 Å². The summed E-state index contributed by atoms with van der Waals surface area (Å²) in [5, 5.41) is 2.76. The fourth-order valence-electron chi connectivity index (χ4n) is 2.68. The van der Waals surface area contributed by atoms with Gasteiger partial charge in [0.05, 0.1) is 5.56 Å². The standard InChI is InChI=1S/C21H13F12NO3/c1-34-12-6-8-13(9-7-12)37-15(36)11-4-2-10(3-5-11)14(35)17(24,25)19(28,29)21(32,33)20(30,31)18(26,27)16(22)23/h2-9,16,34H,1H3. The molecule has 1 N–H and O–H groups in total. The van der Waals surface area contributed by atoms with Gasteiger partial charge in [0.25, 0.3) is 0 Å². The van der Waals surface area contributed by atoms with Crippen LogP contribution in [0.1, 0.15) is 20.7 Å². The van der Waals surface area contributed by atoms with Gasteiger partial charge in [0.15, 0.2) is 0 Å². The van der Waals surface area contributed by atoms with Crippen molar-refractivity contribution < 1.29 is 67.0 Å². The van der Waals surface area contributed by atoms with Gasteiger partial charge in [-0.1, -0.05) is 12.1 Å². The van der Waals surface area contributed by atoms with Crippen molar-refractivity contribution in [2.45, 2.75) is 36.0 Å². The monoisotopic (exact) mass is 555 g/mol. The zero-order valence-corrected chi connectivity index (χ0v) is 18.0. The molecule has 0 heterocycles. The van der Waals surface area contributed by atoms with Crippen molar-refractivity contribution in [3.05, 3.63) is 59.7 Å². The molecule has 16 heteroatoms. The molecule has 2 rings (SSSR count). The minimum absolute atomic E-state index is 0.0147. The van der Waals surface area contributed by atoms with E-state index in [9.17, 15) is 62.3 Å². The van der Waals surface area contributed by atoms with Gasteiger partial charge in [0.2, 0.25) is 5.78 Å². The van der Waals surface area contributed by atoms with Crippen molar-refractivity contribution in [2.75, 3.05) is 12.4 Å². The van der Waals surface area contributed by atoms with Crippen LogP contribution < -0.4 is 10.1 Å². The van der Waals surface area contributed by atoms with Crippen LogP contribution in [0.15, 0.2) is 48.5 Å². The molecule has 2 aromatic carbocycles. The number of alkyl halides is 12. The maximum Gasteiger partial charge on any atom is 0.386 e. The quantitative estimate of drug-likeness (QED) is 0.156. The van der Waals surface area contributed by atoms with Crippen molar-refractivity contribution >= 4 is 17.4 Å². The smallest absolute Gasteiger partial charge is 0.386 e. The van der Waals surface area contributed by atoms with Gasteiger partial charge in [-0.3, -0.25) is 4.79 Å². The molecule has 0 radical (unpaired) electrons. The lowest BCUT2D eigenvalue weighted by molar-refractivity contribution is -0.405. The van der Waals surface area contributed by atoms with E-state index >= 15 is 0 Å². The molecule has 0 amide bonds. The molecule has 37 heavy (non-hydrogen) atoms. The SMILES string of the molecule is CNc1ccc(OC(=O)c2ccc(C(=O)C(F)(F)C(F)(F)C(F)(F)C(F)(F)C(F)(F)C(F)F)cc2)cc1. The Balaban J connectivity index is 2.32. The Hall–Kier alpha value is -3.46. The fourth-order valence-corrected chi connectivity index (χ4v) is 2.68. The first-order chi connectivity index (χ1) is 16.8. The Kier molecular flexibility index (Phi) is 7.87. The van der Waals surface area contributed by atoms with E-state index in [1.165, 1.54) is 24.3 Å². The third kappa shape index (κ3) is 4.92. The Morgan fingerprint density at radius 1 is 0.703 bits per heavy atom. The van der Waals surface area contributed by atoms with Gasteiger partial charge in [-0.05, 0) is 36.4 Å². The van der Waals surface area contributed by atoms with E-state index in [-0.39, 0.29) is 17.9 Å². The molecule has 0 aromatic heterocycles.